The van der Waals surface area contributed by atoms with Gasteiger partial charge >= 0.3 is 5.97 Å². The minimum Gasteiger partial charge on any atom is -0.481 e. The quantitative estimate of drug-likeness (QED) is 0.302. The van der Waals surface area contributed by atoms with Gasteiger partial charge in [-0.2, -0.15) is 5.26 Å². The number of nitrogens with one attached hydrogen (secondary N) is 1. The molecule has 4 aliphatic carbocycles. The van der Waals surface area contributed by atoms with Gasteiger partial charge in [0, 0.05) is 0 Å². The summed E-state index contributed by atoms with van der Waals surface area (Å²) in [4.78, 5) is 19.8. The first-order valence-corrected chi connectivity index (χ1v) is 12.6. The SMILES string of the molecule is CC(C)(C(=NC1C2CC3CC1CC(C(=O)O)(C3)C2)NC#N)N1CCC(c2ccccc2)CC1. The fourth-order valence-corrected chi connectivity index (χ4v) is 7.66. The Hall–Kier alpha value is -2.39. The van der Waals surface area contributed by atoms with Crippen molar-refractivity contribution in [1.82, 2.24) is 10.2 Å². The molecule has 6 rings (SSSR count). The average Bonchev–Trinajstić information content (AvgIpc) is 2.81. The highest BCUT2D eigenvalue weighted by atomic mass is 16.4. The first-order valence-electron chi connectivity index (χ1n) is 12.6. The van der Waals surface area contributed by atoms with E-state index in [2.05, 4.69) is 60.6 Å². The Labute approximate surface area is 197 Å². The minimum absolute atomic E-state index is 0.131. The Morgan fingerprint density at radius 2 is 1.79 bits per heavy atom. The van der Waals surface area contributed by atoms with E-state index >= 15 is 0 Å². The second kappa shape index (κ2) is 8.43. The van der Waals surface area contributed by atoms with E-state index < -0.39 is 11.4 Å². The zero-order valence-corrected chi connectivity index (χ0v) is 19.8. The molecule has 0 radical (unpaired) electrons. The number of carbonyl (C=O) groups is 1. The van der Waals surface area contributed by atoms with Crippen LogP contribution in [0.5, 0.6) is 0 Å². The molecule has 33 heavy (non-hydrogen) atoms. The lowest BCUT2D eigenvalue weighted by Crippen LogP contribution is -2.59. The summed E-state index contributed by atoms with van der Waals surface area (Å²) in [6.07, 6.45) is 8.85. The third-order valence-electron chi connectivity index (χ3n) is 9.27. The van der Waals surface area contributed by atoms with Crippen molar-refractivity contribution < 1.29 is 9.90 Å². The molecule has 0 spiro atoms. The van der Waals surface area contributed by atoms with Crippen LogP contribution in [0.3, 0.4) is 0 Å². The number of aliphatic imine (C=N–C) groups is 1. The summed E-state index contributed by atoms with van der Waals surface area (Å²) < 4.78 is 0. The van der Waals surface area contributed by atoms with Gasteiger partial charge in [0.25, 0.3) is 0 Å². The predicted molar refractivity (Wildman–Crippen MR) is 128 cm³/mol. The molecule has 0 amide bonds. The van der Waals surface area contributed by atoms with Gasteiger partial charge in [-0.3, -0.25) is 20.0 Å². The topological polar surface area (TPSA) is 88.7 Å². The summed E-state index contributed by atoms with van der Waals surface area (Å²) in [6, 6.07) is 10.9. The number of piperidine rings is 1. The highest BCUT2D eigenvalue weighted by Gasteiger charge is 2.59. The molecule has 1 saturated heterocycles. The molecule has 4 bridgehead atoms. The van der Waals surface area contributed by atoms with Gasteiger partial charge < -0.3 is 5.11 Å². The van der Waals surface area contributed by atoms with E-state index in [1.54, 1.807) is 0 Å². The van der Waals surface area contributed by atoms with E-state index in [0.717, 1.165) is 63.9 Å². The molecule has 1 heterocycles. The lowest BCUT2D eigenvalue weighted by atomic mass is 9.48. The van der Waals surface area contributed by atoms with E-state index in [0.29, 0.717) is 23.7 Å². The number of rotatable bonds is 5. The number of amidine groups is 1. The highest BCUT2D eigenvalue weighted by Crippen LogP contribution is 2.61. The zero-order valence-electron chi connectivity index (χ0n) is 19.8. The summed E-state index contributed by atoms with van der Waals surface area (Å²) in [7, 11) is 0. The lowest BCUT2D eigenvalue weighted by molar-refractivity contribution is -0.166. The molecule has 1 aliphatic heterocycles. The van der Waals surface area contributed by atoms with Gasteiger partial charge in [-0.05, 0) is 101 Å². The van der Waals surface area contributed by atoms with E-state index in [1.165, 1.54) is 5.56 Å². The van der Waals surface area contributed by atoms with Crippen LogP contribution in [0.1, 0.15) is 70.3 Å². The minimum atomic E-state index is -0.610. The first-order chi connectivity index (χ1) is 15.8. The molecule has 1 aromatic rings. The second-order valence-electron chi connectivity index (χ2n) is 11.5. The van der Waals surface area contributed by atoms with E-state index in [1.807, 2.05) is 0 Å². The fourth-order valence-electron chi connectivity index (χ4n) is 7.66. The number of aliphatic carboxylic acids is 1. The van der Waals surface area contributed by atoms with E-state index in [9.17, 15) is 15.2 Å². The molecule has 176 valence electrons. The van der Waals surface area contributed by atoms with Crippen molar-refractivity contribution in [3.63, 3.8) is 0 Å². The van der Waals surface area contributed by atoms with Crippen molar-refractivity contribution >= 4 is 11.8 Å². The van der Waals surface area contributed by atoms with Gasteiger partial charge in [0.05, 0.1) is 17.0 Å². The Morgan fingerprint density at radius 1 is 1.15 bits per heavy atom. The van der Waals surface area contributed by atoms with Gasteiger partial charge in [-0.25, -0.2) is 0 Å². The number of hydrogen-bond acceptors (Lipinski definition) is 4. The van der Waals surface area contributed by atoms with Crippen LogP contribution < -0.4 is 5.32 Å². The van der Waals surface area contributed by atoms with Crippen molar-refractivity contribution in [2.45, 2.75) is 76.3 Å². The van der Waals surface area contributed by atoms with Crippen LogP contribution in [-0.2, 0) is 4.79 Å². The maximum absolute atomic E-state index is 12.1. The predicted octanol–water partition coefficient (Wildman–Crippen LogP) is 4.39. The second-order valence-corrected chi connectivity index (χ2v) is 11.5. The number of likely N-dealkylation sites (tertiary alicyclic amines) is 1. The lowest BCUT2D eigenvalue weighted by Gasteiger charge is -2.57. The van der Waals surface area contributed by atoms with Crippen LogP contribution in [0.2, 0.25) is 0 Å². The molecule has 1 aromatic carbocycles. The van der Waals surface area contributed by atoms with Crippen molar-refractivity contribution in [3.05, 3.63) is 35.9 Å². The first kappa shape index (κ1) is 22.4. The normalized spacial score (nSPS) is 34.8. The van der Waals surface area contributed by atoms with E-state index in [-0.39, 0.29) is 11.6 Å². The zero-order chi connectivity index (χ0) is 23.2. The summed E-state index contributed by atoms with van der Waals surface area (Å²) >= 11 is 0. The van der Waals surface area contributed by atoms with Crippen LogP contribution in [0.4, 0.5) is 0 Å². The highest BCUT2D eigenvalue weighted by molar-refractivity contribution is 5.92. The van der Waals surface area contributed by atoms with Gasteiger partial charge in [0.15, 0.2) is 6.19 Å². The Morgan fingerprint density at radius 3 is 2.36 bits per heavy atom. The Kier molecular flexibility index (Phi) is 5.73. The molecule has 5 fully saturated rings. The summed E-state index contributed by atoms with van der Waals surface area (Å²) in [5.74, 6) is 1.90. The third kappa shape index (κ3) is 3.95. The third-order valence-corrected chi connectivity index (χ3v) is 9.27. The summed E-state index contributed by atoms with van der Waals surface area (Å²) in [5, 5.41) is 22.4. The smallest absolute Gasteiger partial charge is 0.309 e. The molecular formula is C27H36N4O2. The van der Waals surface area contributed by atoms with Gasteiger partial charge in [0.2, 0.25) is 0 Å². The van der Waals surface area contributed by atoms with E-state index in [4.69, 9.17) is 4.99 Å². The maximum atomic E-state index is 12.1. The Balaban J connectivity index is 1.33. The number of nitriles is 1. The summed E-state index contributed by atoms with van der Waals surface area (Å²) in [5.41, 5.74) is 0.524. The van der Waals surface area contributed by atoms with Crippen LogP contribution >= 0.6 is 0 Å². The number of benzene rings is 1. The summed E-state index contributed by atoms with van der Waals surface area (Å²) in [6.45, 7) is 6.29. The molecule has 6 nitrogen and oxygen atoms in total. The van der Waals surface area contributed by atoms with Crippen molar-refractivity contribution in [2.24, 2.45) is 28.2 Å². The van der Waals surface area contributed by atoms with Crippen molar-refractivity contribution in [1.29, 1.82) is 5.26 Å². The molecule has 4 saturated carbocycles. The number of nitrogens with zero attached hydrogens (tertiary/aromatic N) is 3. The van der Waals surface area contributed by atoms with Crippen LogP contribution in [0.25, 0.3) is 0 Å². The molecular weight excluding hydrogens is 412 g/mol. The molecule has 5 aliphatic rings. The molecule has 6 heteroatoms. The average molecular weight is 449 g/mol. The van der Waals surface area contributed by atoms with Crippen LogP contribution in [0, 0.1) is 34.6 Å². The molecule has 0 aromatic heterocycles. The fraction of sp³-hybridized carbons (Fsp3) is 0.667. The number of hydrogen-bond donors (Lipinski definition) is 2. The van der Waals surface area contributed by atoms with Crippen molar-refractivity contribution in [3.8, 4) is 6.19 Å². The molecule has 2 unspecified atom stereocenters. The van der Waals surface area contributed by atoms with Crippen molar-refractivity contribution in [2.75, 3.05) is 13.1 Å². The van der Waals surface area contributed by atoms with Crippen LogP contribution in [0.15, 0.2) is 35.3 Å². The maximum Gasteiger partial charge on any atom is 0.309 e. The molecule has 2 atom stereocenters. The monoisotopic (exact) mass is 448 g/mol. The standard InChI is InChI=1S/C27H36N4O2/c1-26(2,31-10-8-20(9-11-31)19-6-4-3-5-7-19)24(29-17-28)30-23-21-12-18-13-22(23)16-27(14-18,15-21)25(32)33/h3-7,18,20-23H,8-16H2,1-2H3,(H,29,30)(H,32,33). The van der Waals surface area contributed by atoms with Gasteiger partial charge in [-0.1, -0.05) is 30.3 Å². The number of carboxylic acid groups (broad SMARTS) is 1. The number of carboxylic acids is 1. The Bertz CT molecular complexity index is 942. The van der Waals surface area contributed by atoms with Gasteiger partial charge in [-0.15, -0.1) is 0 Å². The van der Waals surface area contributed by atoms with Gasteiger partial charge in [0.1, 0.15) is 5.84 Å². The molecule has 2 N–H and O–H groups in total. The largest absolute Gasteiger partial charge is 0.481 e. The van der Waals surface area contributed by atoms with Crippen LogP contribution in [-0.4, -0.2) is 46.5 Å².